The first-order valence-electron chi connectivity index (χ1n) is 12.1. The molecule has 5 nitrogen and oxygen atoms in total. The third-order valence-electron chi connectivity index (χ3n) is 6.53. The molecular weight excluding hydrogens is 394 g/mol. The van der Waals surface area contributed by atoms with Crippen molar-refractivity contribution in [2.24, 2.45) is 5.92 Å². The molecule has 0 bridgehead atoms. The number of nitrogens with zero attached hydrogens (tertiary/aromatic N) is 3. The summed E-state index contributed by atoms with van der Waals surface area (Å²) in [6, 6.07) is 19.5. The molecule has 5 heteroatoms. The minimum Gasteiger partial charge on any atom is -0.362 e. The van der Waals surface area contributed by atoms with Gasteiger partial charge in [-0.2, -0.15) is 4.98 Å². The maximum atomic E-state index is 4.80. The van der Waals surface area contributed by atoms with Gasteiger partial charge in [-0.15, -0.1) is 0 Å². The van der Waals surface area contributed by atoms with Crippen molar-refractivity contribution in [1.29, 1.82) is 0 Å². The van der Waals surface area contributed by atoms with Crippen molar-refractivity contribution in [2.45, 2.75) is 51.0 Å². The van der Waals surface area contributed by atoms with E-state index in [1.807, 2.05) is 26.2 Å². The van der Waals surface area contributed by atoms with Crippen LogP contribution in [0.5, 0.6) is 0 Å². The number of hydrogen-bond acceptors (Lipinski definition) is 5. The van der Waals surface area contributed by atoms with Gasteiger partial charge in [0.2, 0.25) is 5.95 Å². The van der Waals surface area contributed by atoms with Crippen LogP contribution in [-0.4, -0.2) is 43.2 Å². The molecule has 2 aromatic carbocycles. The summed E-state index contributed by atoms with van der Waals surface area (Å²) < 4.78 is 0. The zero-order chi connectivity index (χ0) is 22.2. The van der Waals surface area contributed by atoms with E-state index < -0.39 is 0 Å². The lowest BCUT2D eigenvalue weighted by Crippen LogP contribution is -2.32. The molecule has 170 valence electrons. The Balaban J connectivity index is 1.17. The van der Waals surface area contributed by atoms with E-state index in [4.69, 9.17) is 9.97 Å². The highest BCUT2D eigenvalue weighted by Crippen LogP contribution is 2.28. The number of nitrogens with one attached hydrogen (secondary N) is 2. The van der Waals surface area contributed by atoms with Crippen LogP contribution in [0.15, 0.2) is 54.6 Å². The predicted octanol–water partition coefficient (Wildman–Crippen LogP) is 5.28. The van der Waals surface area contributed by atoms with Crippen molar-refractivity contribution in [3.8, 4) is 0 Å². The van der Waals surface area contributed by atoms with Crippen molar-refractivity contribution in [1.82, 2.24) is 15.3 Å². The van der Waals surface area contributed by atoms with Gasteiger partial charge in [0.1, 0.15) is 5.82 Å². The molecule has 1 aromatic heterocycles. The fraction of sp³-hybridized carbons (Fsp3) is 0.481. The summed E-state index contributed by atoms with van der Waals surface area (Å²) in [5.41, 5.74) is 2.45. The first-order chi connectivity index (χ1) is 15.7. The maximum absolute atomic E-state index is 4.80. The minimum atomic E-state index is 0.466. The number of aryl methyl sites for hydroxylation is 1. The first-order valence-corrected chi connectivity index (χ1v) is 12.1. The van der Waals surface area contributed by atoms with Gasteiger partial charge in [-0.1, -0.05) is 42.5 Å². The number of benzene rings is 2. The van der Waals surface area contributed by atoms with E-state index in [0.29, 0.717) is 6.04 Å². The monoisotopic (exact) mass is 431 g/mol. The van der Waals surface area contributed by atoms with Crippen molar-refractivity contribution < 1.29 is 0 Å². The molecule has 1 saturated carbocycles. The van der Waals surface area contributed by atoms with Crippen LogP contribution in [0.3, 0.4) is 0 Å². The Hall–Kier alpha value is -2.66. The van der Waals surface area contributed by atoms with E-state index in [-0.39, 0.29) is 0 Å². The molecule has 1 aliphatic rings. The van der Waals surface area contributed by atoms with E-state index >= 15 is 0 Å². The van der Waals surface area contributed by atoms with E-state index in [2.05, 4.69) is 58.0 Å². The highest BCUT2D eigenvalue weighted by atomic mass is 15.2. The van der Waals surface area contributed by atoms with Crippen LogP contribution in [0.1, 0.15) is 44.1 Å². The highest BCUT2D eigenvalue weighted by Gasteiger charge is 2.22. The molecule has 0 aliphatic heterocycles. The van der Waals surface area contributed by atoms with Crippen LogP contribution in [0.25, 0.3) is 10.9 Å². The second kappa shape index (κ2) is 11.3. The van der Waals surface area contributed by atoms with Gasteiger partial charge < -0.3 is 15.5 Å². The summed E-state index contributed by atoms with van der Waals surface area (Å²) in [4.78, 5) is 11.6. The summed E-state index contributed by atoms with van der Waals surface area (Å²) in [6.07, 6.45) is 8.60. The molecule has 0 radical (unpaired) electrons. The largest absolute Gasteiger partial charge is 0.362 e. The molecule has 0 spiro atoms. The number of rotatable bonds is 10. The molecule has 3 aromatic rings. The van der Waals surface area contributed by atoms with Crippen molar-refractivity contribution in [3.63, 3.8) is 0 Å². The molecule has 0 amide bonds. The molecule has 0 unspecified atom stereocenters. The Morgan fingerprint density at radius 1 is 0.875 bits per heavy atom. The van der Waals surface area contributed by atoms with Crippen molar-refractivity contribution in [2.75, 3.05) is 37.4 Å². The third-order valence-corrected chi connectivity index (χ3v) is 6.53. The zero-order valence-corrected chi connectivity index (χ0v) is 19.6. The van der Waals surface area contributed by atoms with Gasteiger partial charge in [0.15, 0.2) is 0 Å². The van der Waals surface area contributed by atoms with Crippen LogP contribution in [0.2, 0.25) is 0 Å². The Labute approximate surface area is 192 Å². The number of para-hydroxylation sites is 1. The standard InChI is InChI=1S/C27H37N5/c1-32(2)26-24-13-6-7-14-25(24)30-27(31-26)29-23-17-15-22(16-18-23)20-28-19-9-8-12-21-10-4-3-5-11-21/h3-7,10-11,13-14,22-23,28H,8-9,12,15-20H2,1-2H3,(H,29,30,31). The van der Waals surface area contributed by atoms with Gasteiger partial charge >= 0.3 is 0 Å². The molecular formula is C27H37N5. The van der Waals surface area contributed by atoms with Gasteiger partial charge in [-0.25, -0.2) is 4.98 Å². The Morgan fingerprint density at radius 3 is 2.41 bits per heavy atom. The third kappa shape index (κ3) is 6.19. The molecule has 1 aliphatic carbocycles. The average Bonchev–Trinajstić information content (AvgIpc) is 2.82. The number of anilines is 2. The molecule has 32 heavy (non-hydrogen) atoms. The molecule has 4 rings (SSSR count). The maximum Gasteiger partial charge on any atom is 0.225 e. The summed E-state index contributed by atoms with van der Waals surface area (Å²) >= 11 is 0. The lowest BCUT2D eigenvalue weighted by atomic mass is 9.86. The molecule has 1 heterocycles. The Morgan fingerprint density at radius 2 is 1.62 bits per heavy atom. The van der Waals surface area contributed by atoms with Crippen LogP contribution < -0.4 is 15.5 Å². The summed E-state index contributed by atoms with van der Waals surface area (Å²) in [5, 5.41) is 8.41. The van der Waals surface area contributed by atoms with Crippen LogP contribution in [-0.2, 0) is 6.42 Å². The van der Waals surface area contributed by atoms with Crippen molar-refractivity contribution in [3.05, 3.63) is 60.2 Å². The van der Waals surface area contributed by atoms with Crippen LogP contribution >= 0.6 is 0 Å². The smallest absolute Gasteiger partial charge is 0.225 e. The van der Waals surface area contributed by atoms with Crippen LogP contribution in [0.4, 0.5) is 11.8 Å². The van der Waals surface area contributed by atoms with Gasteiger partial charge in [0.05, 0.1) is 5.52 Å². The Kier molecular flexibility index (Phi) is 7.94. The van der Waals surface area contributed by atoms with E-state index in [0.717, 1.165) is 41.7 Å². The van der Waals surface area contributed by atoms with Gasteiger partial charge in [-0.05, 0) is 81.6 Å². The fourth-order valence-corrected chi connectivity index (χ4v) is 4.69. The van der Waals surface area contributed by atoms with Crippen LogP contribution in [0, 0.1) is 5.92 Å². The lowest BCUT2D eigenvalue weighted by Gasteiger charge is -2.29. The predicted molar refractivity (Wildman–Crippen MR) is 135 cm³/mol. The highest BCUT2D eigenvalue weighted by molar-refractivity contribution is 5.90. The molecule has 2 N–H and O–H groups in total. The minimum absolute atomic E-state index is 0.466. The van der Waals surface area contributed by atoms with Gasteiger partial charge in [-0.3, -0.25) is 0 Å². The summed E-state index contributed by atoms with van der Waals surface area (Å²) in [6.45, 7) is 2.28. The number of hydrogen-bond donors (Lipinski definition) is 2. The van der Waals surface area contributed by atoms with Crippen molar-refractivity contribution >= 4 is 22.7 Å². The van der Waals surface area contributed by atoms with E-state index in [1.54, 1.807) is 0 Å². The number of aromatic nitrogens is 2. The van der Waals surface area contributed by atoms with E-state index in [1.165, 1.54) is 50.5 Å². The zero-order valence-electron chi connectivity index (χ0n) is 19.6. The Bertz CT molecular complexity index is 964. The summed E-state index contributed by atoms with van der Waals surface area (Å²) in [7, 11) is 4.08. The molecule has 0 saturated heterocycles. The van der Waals surface area contributed by atoms with E-state index in [9.17, 15) is 0 Å². The normalized spacial score (nSPS) is 18.6. The first kappa shape index (κ1) is 22.5. The molecule has 1 fully saturated rings. The SMILES string of the molecule is CN(C)c1nc(NC2CCC(CNCCCCc3ccccc3)CC2)nc2ccccc12. The summed E-state index contributed by atoms with van der Waals surface area (Å²) in [5.74, 6) is 2.52. The second-order valence-electron chi connectivity index (χ2n) is 9.29. The second-order valence-corrected chi connectivity index (χ2v) is 9.29. The number of unbranched alkanes of at least 4 members (excludes halogenated alkanes) is 1. The average molecular weight is 432 g/mol. The molecule has 0 atom stereocenters. The topological polar surface area (TPSA) is 53.1 Å². The lowest BCUT2D eigenvalue weighted by molar-refractivity contribution is 0.323. The fourth-order valence-electron chi connectivity index (χ4n) is 4.69. The van der Waals surface area contributed by atoms with Gasteiger partial charge in [0, 0.05) is 25.5 Å². The number of fused-ring (bicyclic) bond motifs is 1. The van der Waals surface area contributed by atoms with Gasteiger partial charge in [0.25, 0.3) is 0 Å². The quantitative estimate of drug-likeness (QED) is 0.428.